The van der Waals surface area contributed by atoms with Gasteiger partial charge in [-0.25, -0.2) is 4.79 Å². The smallest absolute Gasteiger partial charge is 0.406 e. The van der Waals surface area contributed by atoms with Crippen LogP contribution in [0.4, 0.5) is 4.79 Å². The summed E-state index contributed by atoms with van der Waals surface area (Å²) in [5, 5.41) is 29.2. The summed E-state index contributed by atoms with van der Waals surface area (Å²) in [6.07, 6.45) is -4.53. The standard InChI is InChI=1S/C11H14ClNO6/c1-18-8-3-2-6(12)4-9(8)19-5-7(14)10(15)13-11(16)17/h2-4,7,10,13-15H,5H2,1H3,(H,16,17). The molecule has 8 heteroatoms. The Morgan fingerprint density at radius 3 is 2.68 bits per heavy atom. The van der Waals surface area contributed by atoms with E-state index in [1.165, 1.54) is 13.2 Å². The number of nitrogens with one attached hydrogen (secondary N) is 1. The molecule has 19 heavy (non-hydrogen) atoms. The Labute approximate surface area is 114 Å². The van der Waals surface area contributed by atoms with Crippen molar-refractivity contribution in [2.45, 2.75) is 12.3 Å². The van der Waals surface area contributed by atoms with E-state index in [0.717, 1.165) is 0 Å². The maximum Gasteiger partial charge on any atom is 0.406 e. The van der Waals surface area contributed by atoms with E-state index in [2.05, 4.69) is 0 Å². The highest BCUT2D eigenvalue weighted by molar-refractivity contribution is 6.30. The lowest BCUT2D eigenvalue weighted by atomic mass is 10.3. The van der Waals surface area contributed by atoms with Gasteiger partial charge >= 0.3 is 6.09 Å². The van der Waals surface area contributed by atoms with E-state index >= 15 is 0 Å². The van der Waals surface area contributed by atoms with Gasteiger partial charge in [0.05, 0.1) is 7.11 Å². The van der Waals surface area contributed by atoms with Crippen molar-refractivity contribution in [1.82, 2.24) is 5.32 Å². The highest BCUT2D eigenvalue weighted by Gasteiger charge is 2.19. The van der Waals surface area contributed by atoms with Crippen molar-refractivity contribution >= 4 is 17.7 Å². The van der Waals surface area contributed by atoms with Crippen LogP contribution in [0.25, 0.3) is 0 Å². The van der Waals surface area contributed by atoms with Gasteiger partial charge in [0.2, 0.25) is 0 Å². The third-order valence-electron chi connectivity index (χ3n) is 2.17. The number of halogens is 1. The quantitative estimate of drug-likeness (QED) is 0.574. The van der Waals surface area contributed by atoms with Gasteiger partial charge in [-0.2, -0.15) is 0 Å². The maximum atomic E-state index is 10.3. The van der Waals surface area contributed by atoms with E-state index in [1.807, 2.05) is 0 Å². The van der Waals surface area contributed by atoms with E-state index in [4.69, 9.17) is 26.2 Å². The number of carboxylic acid groups (broad SMARTS) is 1. The van der Waals surface area contributed by atoms with Crippen LogP contribution in [-0.2, 0) is 0 Å². The molecule has 2 unspecified atom stereocenters. The molecule has 4 N–H and O–H groups in total. The Bertz CT molecular complexity index is 441. The molecule has 1 aromatic rings. The minimum Gasteiger partial charge on any atom is -0.493 e. The molecule has 7 nitrogen and oxygen atoms in total. The molecular formula is C11H14ClNO6. The molecule has 0 bridgehead atoms. The number of benzene rings is 1. The normalized spacial score (nSPS) is 13.5. The number of ether oxygens (including phenoxy) is 2. The van der Waals surface area contributed by atoms with Crippen molar-refractivity contribution in [3.63, 3.8) is 0 Å². The molecule has 0 spiro atoms. The number of aliphatic hydroxyl groups is 2. The third-order valence-corrected chi connectivity index (χ3v) is 2.41. The summed E-state index contributed by atoms with van der Waals surface area (Å²) in [6.45, 7) is -0.335. The highest BCUT2D eigenvalue weighted by Crippen LogP contribution is 2.30. The van der Waals surface area contributed by atoms with Gasteiger partial charge in [-0.1, -0.05) is 11.6 Å². The first kappa shape index (κ1) is 15.4. The highest BCUT2D eigenvalue weighted by atomic mass is 35.5. The van der Waals surface area contributed by atoms with E-state index in [9.17, 15) is 15.0 Å². The lowest BCUT2D eigenvalue weighted by molar-refractivity contribution is -0.0223. The lowest BCUT2D eigenvalue weighted by Gasteiger charge is -2.18. The first-order valence-corrected chi connectivity index (χ1v) is 5.63. The average molecular weight is 292 g/mol. The van der Waals surface area contributed by atoms with Gasteiger partial charge in [-0.3, -0.25) is 5.32 Å². The van der Waals surface area contributed by atoms with Gasteiger partial charge in [-0.05, 0) is 12.1 Å². The second-order valence-electron chi connectivity index (χ2n) is 3.57. The Morgan fingerprint density at radius 1 is 1.42 bits per heavy atom. The van der Waals surface area contributed by atoms with Gasteiger partial charge in [0.1, 0.15) is 12.7 Å². The number of methoxy groups -OCH3 is 1. The van der Waals surface area contributed by atoms with E-state index in [-0.39, 0.29) is 12.4 Å². The SMILES string of the molecule is COc1ccc(Cl)cc1OCC(O)C(O)NC(=O)O. The van der Waals surface area contributed by atoms with Crippen LogP contribution < -0.4 is 14.8 Å². The van der Waals surface area contributed by atoms with Crippen molar-refractivity contribution in [1.29, 1.82) is 0 Å². The van der Waals surface area contributed by atoms with Gasteiger partial charge in [0, 0.05) is 11.1 Å². The number of amides is 1. The Balaban J connectivity index is 2.61. The van der Waals surface area contributed by atoms with Crippen molar-refractivity contribution in [2.75, 3.05) is 13.7 Å². The molecule has 0 aromatic heterocycles. The third kappa shape index (κ3) is 4.82. The summed E-state index contributed by atoms with van der Waals surface area (Å²) >= 11 is 5.78. The molecule has 0 saturated heterocycles. The summed E-state index contributed by atoms with van der Waals surface area (Å²) in [4.78, 5) is 10.3. The van der Waals surface area contributed by atoms with Crippen LogP contribution in [0.15, 0.2) is 18.2 Å². The van der Waals surface area contributed by atoms with Crippen molar-refractivity contribution in [3.05, 3.63) is 23.2 Å². The second-order valence-corrected chi connectivity index (χ2v) is 4.00. The molecule has 1 rings (SSSR count). The van der Waals surface area contributed by atoms with Crippen LogP contribution in [0.1, 0.15) is 0 Å². The molecule has 1 amide bonds. The summed E-state index contributed by atoms with van der Waals surface area (Å²) in [6, 6.07) is 4.66. The fraction of sp³-hybridized carbons (Fsp3) is 0.364. The van der Waals surface area contributed by atoms with E-state index < -0.39 is 18.4 Å². The topological polar surface area (TPSA) is 108 Å². The average Bonchev–Trinajstić information content (AvgIpc) is 2.35. The van der Waals surface area contributed by atoms with Crippen LogP contribution in [0.5, 0.6) is 11.5 Å². The number of hydrogen-bond donors (Lipinski definition) is 4. The van der Waals surface area contributed by atoms with Gasteiger partial charge < -0.3 is 24.8 Å². The molecule has 2 atom stereocenters. The molecule has 0 radical (unpaired) electrons. The van der Waals surface area contributed by atoms with Crippen LogP contribution in [0, 0.1) is 0 Å². The minimum atomic E-state index is -1.65. The second kappa shape index (κ2) is 7.03. The van der Waals surface area contributed by atoms with Crippen LogP contribution >= 0.6 is 11.6 Å². The Hall–Kier alpha value is -1.70. The molecule has 0 aliphatic heterocycles. The van der Waals surface area contributed by atoms with Gasteiger partial charge in [-0.15, -0.1) is 0 Å². The number of carbonyl (C=O) groups is 1. The molecular weight excluding hydrogens is 278 g/mol. The summed E-state index contributed by atoms with van der Waals surface area (Å²) in [7, 11) is 1.44. The fourth-order valence-corrected chi connectivity index (χ4v) is 1.41. The molecule has 1 aromatic carbocycles. The van der Waals surface area contributed by atoms with Crippen LogP contribution in [-0.4, -0.2) is 47.5 Å². The fourth-order valence-electron chi connectivity index (χ4n) is 1.25. The monoisotopic (exact) mass is 291 g/mol. The van der Waals surface area contributed by atoms with E-state index in [1.54, 1.807) is 17.4 Å². The lowest BCUT2D eigenvalue weighted by Crippen LogP contribution is -2.45. The summed E-state index contributed by atoms with van der Waals surface area (Å²) in [5.41, 5.74) is 0. The molecule has 106 valence electrons. The predicted molar refractivity (Wildman–Crippen MR) is 66.7 cm³/mol. The zero-order valence-electron chi connectivity index (χ0n) is 10.0. The first-order valence-electron chi connectivity index (χ1n) is 5.26. The number of hydrogen-bond acceptors (Lipinski definition) is 5. The molecule has 0 aliphatic rings. The zero-order chi connectivity index (χ0) is 14.4. The summed E-state index contributed by atoms with van der Waals surface area (Å²) < 4.78 is 10.2. The Kier molecular flexibility index (Phi) is 5.68. The number of rotatable bonds is 6. The van der Waals surface area contributed by atoms with Crippen LogP contribution in [0.2, 0.25) is 5.02 Å². The van der Waals surface area contributed by atoms with E-state index in [0.29, 0.717) is 10.8 Å². The zero-order valence-corrected chi connectivity index (χ0v) is 10.8. The van der Waals surface area contributed by atoms with Crippen molar-refractivity contribution in [3.8, 4) is 11.5 Å². The number of aliphatic hydroxyl groups excluding tert-OH is 2. The van der Waals surface area contributed by atoms with Crippen molar-refractivity contribution < 1.29 is 29.6 Å². The minimum absolute atomic E-state index is 0.275. The summed E-state index contributed by atoms with van der Waals surface area (Å²) in [5.74, 6) is 0.675. The largest absolute Gasteiger partial charge is 0.493 e. The van der Waals surface area contributed by atoms with Crippen LogP contribution in [0.3, 0.4) is 0 Å². The molecule has 0 heterocycles. The maximum absolute atomic E-state index is 10.3. The molecule has 0 fully saturated rings. The molecule has 0 saturated carbocycles. The van der Waals surface area contributed by atoms with Gasteiger partial charge in [0.25, 0.3) is 0 Å². The Morgan fingerprint density at radius 2 is 2.11 bits per heavy atom. The van der Waals surface area contributed by atoms with Crippen molar-refractivity contribution in [2.24, 2.45) is 0 Å². The first-order chi connectivity index (χ1) is 8.93. The molecule has 0 aliphatic carbocycles. The predicted octanol–water partition coefficient (Wildman–Crippen LogP) is 0.674. The van der Waals surface area contributed by atoms with Gasteiger partial charge in [0.15, 0.2) is 17.7 Å².